The van der Waals surface area contributed by atoms with Gasteiger partial charge in [0.1, 0.15) is 17.3 Å². The Morgan fingerprint density at radius 2 is 1.40 bits per heavy atom. The summed E-state index contributed by atoms with van der Waals surface area (Å²) in [6.07, 6.45) is 4.67. The molecule has 0 radical (unpaired) electrons. The van der Waals surface area contributed by atoms with E-state index >= 15 is 0 Å². The van der Waals surface area contributed by atoms with Crippen LogP contribution in [0.15, 0.2) is 5.11 Å². The number of carbonyl (C=O) groups is 3. The van der Waals surface area contributed by atoms with Crippen LogP contribution in [-0.2, 0) is 28.0 Å². The number of ketones is 3. The SMILES string of the molecule is CC(=O)CCC1OC1(C)C.CC(=O)CC[C@H]1OC1(C)C.[3H]CSOC(C)(C)[C@H](CCC(C)=O)N=[N+]=[N-]. The highest BCUT2D eigenvalue weighted by Gasteiger charge is 2.47. The van der Waals surface area contributed by atoms with Crippen LogP contribution < -0.4 is 0 Å². The third-order valence-corrected chi connectivity index (χ3v) is 6.43. The average molecular weight is 518 g/mol. The van der Waals surface area contributed by atoms with E-state index in [-0.39, 0.29) is 34.8 Å². The molecule has 35 heavy (non-hydrogen) atoms. The minimum Gasteiger partial charge on any atom is -0.367 e. The Balaban J connectivity index is 0.000000532. The molecule has 9 nitrogen and oxygen atoms in total. The van der Waals surface area contributed by atoms with E-state index in [0.717, 1.165) is 24.9 Å². The molecule has 1 unspecified atom stereocenters. The van der Waals surface area contributed by atoms with E-state index in [1.807, 2.05) is 0 Å². The first-order chi connectivity index (χ1) is 16.5. The minimum atomic E-state index is -0.673. The molecule has 3 atom stereocenters. The lowest BCUT2D eigenvalue weighted by molar-refractivity contribution is -0.118. The Hall–Kier alpha value is -1.45. The van der Waals surface area contributed by atoms with Gasteiger partial charge in [-0.05, 0) is 99.1 Å². The van der Waals surface area contributed by atoms with Gasteiger partial charge in [0.05, 0.1) is 35.1 Å². The topological polar surface area (TPSA) is 134 Å². The van der Waals surface area contributed by atoms with Crippen molar-refractivity contribution < 1.29 is 29.4 Å². The van der Waals surface area contributed by atoms with Crippen molar-refractivity contribution in [3.8, 4) is 0 Å². The number of hydrogen-bond acceptors (Lipinski definition) is 8. The molecule has 0 N–H and O–H groups in total. The van der Waals surface area contributed by atoms with E-state index in [1.165, 1.54) is 6.92 Å². The second-order valence-electron chi connectivity index (χ2n) is 10.7. The molecular formula is C25H45N3O6S. The largest absolute Gasteiger partial charge is 0.367 e. The van der Waals surface area contributed by atoms with Gasteiger partial charge in [-0.1, -0.05) is 5.11 Å². The fourth-order valence-electron chi connectivity index (χ4n) is 3.30. The van der Waals surface area contributed by atoms with Crippen molar-refractivity contribution in [2.75, 3.05) is 6.23 Å². The van der Waals surface area contributed by atoms with Crippen molar-refractivity contribution in [3.63, 3.8) is 0 Å². The highest BCUT2D eigenvalue weighted by atomic mass is 32.2. The first-order valence-corrected chi connectivity index (χ1v) is 12.9. The van der Waals surface area contributed by atoms with Crippen molar-refractivity contribution >= 4 is 29.4 Å². The lowest BCUT2D eigenvalue weighted by Gasteiger charge is -2.29. The molecule has 2 heterocycles. The first kappa shape index (κ1) is 31.6. The molecule has 202 valence electrons. The molecule has 0 bridgehead atoms. The maximum atomic E-state index is 10.9. The molecule has 2 saturated heterocycles. The van der Waals surface area contributed by atoms with E-state index in [2.05, 4.69) is 37.7 Å². The van der Waals surface area contributed by atoms with Crippen LogP contribution >= 0.6 is 12.0 Å². The second kappa shape index (κ2) is 15.0. The smallest absolute Gasteiger partial charge is 0.129 e. The van der Waals surface area contributed by atoms with Gasteiger partial charge >= 0.3 is 0 Å². The highest BCUT2D eigenvalue weighted by Crippen LogP contribution is 2.38. The Labute approximate surface area is 216 Å². The van der Waals surface area contributed by atoms with Crippen LogP contribution in [0.3, 0.4) is 0 Å². The minimum absolute atomic E-state index is 0.0510. The molecule has 0 aromatic rings. The number of azide groups is 1. The van der Waals surface area contributed by atoms with Crippen molar-refractivity contribution in [2.45, 2.75) is 136 Å². The molecule has 2 aliphatic heterocycles. The number of ether oxygens (including phenoxy) is 2. The number of rotatable bonds is 13. The number of nitrogens with zero attached hydrogens (tertiary/aromatic N) is 3. The molecular weight excluding hydrogens is 470 g/mol. The fourth-order valence-corrected chi connectivity index (χ4v) is 3.72. The van der Waals surface area contributed by atoms with Gasteiger partial charge in [0.25, 0.3) is 0 Å². The first-order valence-electron chi connectivity index (χ1n) is 12.7. The summed E-state index contributed by atoms with van der Waals surface area (Å²) < 4.78 is 23.0. The van der Waals surface area contributed by atoms with Gasteiger partial charge in [0.2, 0.25) is 0 Å². The average Bonchev–Trinajstić information content (AvgIpc) is 3.59. The zero-order valence-corrected chi connectivity index (χ0v) is 23.7. The molecule has 2 rings (SSSR count). The quantitative estimate of drug-likeness (QED) is 0.0936. The second-order valence-corrected chi connectivity index (χ2v) is 11.1. The van der Waals surface area contributed by atoms with E-state index in [9.17, 15) is 14.4 Å². The Morgan fingerprint density at radius 1 is 1.00 bits per heavy atom. The lowest BCUT2D eigenvalue weighted by Crippen LogP contribution is -2.36. The maximum Gasteiger partial charge on any atom is 0.129 e. The van der Waals surface area contributed by atoms with Crippen molar-refractivity contribution in [2.24, 2.45) is 5.11 Å². The third kappa shape index (κ3) is 15.3. The molecule has 0 aromatic heterocycles. The van der Waals surface area contributed by atoms with Gasteiger partial charge in [0.15, 0.2) is 0 Å². The Bertz CT molecular complexity index is 748. The summed E-state index contributed by atoms with van der Waals surface area (Å²) in [5.74, 6) is 0.569. The van der Waals surface area contributed by atoms with Crippen molar-refractivity contribution in [1.82, 2.24) is 0 Å². The third-order valence-electron chi connectivity index (χ3n) is 5.88. The van der Waals surface area contributed by atoms with Gasteiger partial charge in [-0.2, -0.15) is 0 Å². The van der Waals surface area contributed by atoms with Crippen LogP contribution in [-0.4, -0.2) is 58.6 Å². The number of hydrogen-bond donors (Lipinski definition) is 0. The summed E-state index contributed by atoms with van der Waals surface area (Å²) in [7, 11) is 0. The zero-order chi connectivity index (χ0) is 28.2. The Morgan fingerprint density at radius 3 is 1.69 bits per heavy atom. The highest BCUT2D eigenvalue weighted by molar-refractivity contribution is 7.93. The monoisotopic (exact) mass is 517 g/mol. The van der Waals surface area contributed by atoms with Crippen LogP contribution in [0, 0.1) is 0 Å². The van der Waals surface area contributed by atoms with E-state index in [1.54, 1.807) is 27.7 Å². The lowest BCUT2D eigenvalue weighted by atomic mass is 9.95. The summed E-state index contributed by atoms with van der Waals surface area (Å²) in [5, 5.41) is 3.65. The number of epoxide rings is 2. The molecule has 0 aliphatic carbocycles. The van der Waals surface area contributed by atoms with Crippen molar-refractivity contribution in [1.29, 1.82) is 0 Å². The van der Waals surface area contributed by atoms with Crippen LogP contribution in [0.5, 0.6) is 0 Å². The van der Waals surface area contributed by atoms with Crippen LogP contribution in [0.4, 0.5) is 0 Å². The standard InChI is InChI=1S/C9H17N3O2S.2C8H14O2/c1-7(13)5-6-8(11-12-10)9(2,3)14-15-4;2*1-6(9)4-5-7-8(2,3)10-7/h8H,5-6H2,1-4H3;2*7H,4-5H2,1-3H3/t8-;7-;/m01./s1/i4T;;. The normalized spacial score (nSPS) is 22.0. The molecule has 0 spiro atoms. The van der Waals surface area contributed by atoms with E-state index < -0.39 is 11.6 Å². The van der Waals surface area contributed by atoms with Crippen molar-refractivity contribution in [3.05, 3.63) is 10.4 Å². The summed E-state index contributed by atoms with van der Waals surface area (Å²) in [4.78, 5) is 34.7. The van der Waals surface area contributed by atoms with Crippen LogP contribution in [0.1, 0.15) is 102 Å². The molecule has 2 aliphatic rings. The van der Waals surface area contributed by atoms with Gasteiger partial charge in [-0.3, -0.25) is 0 Å². The summed E-state index contributed by atoms with van der Waals surface area (Å²) in [6, 6.07) is -0.402. The maximum absolute atomic E-state index is 10.9. The van der Waals surface area contributed by atoms with Crippen LogP contribution in [0.2, 0.25) is 0 Å². The predicted molar refractivity (Wildman–Crippen MR) is 139 cm³/mol. The molecule has 0 aromatic carbocycles. The predicted octanol–water partition coefficient (Wildman–Crippen LogP) is 6.17. The summed E-state index contributed by atoms with van der Waals surface area (Å²) in [5.41, 5.74) is 7.89. The van der Waals surface area contributed by atoms with E-state index in [0.29, 0.717) is 37.9 Å². The number of Topliss-reactive ketones (excluding diaryl/α,β-unsaturated/α-hetero) is 3. The molecule has 10 heteroatoms. The van der Waals surface area contributed by atoms with Crippen LogP contribution in [0.25, 0.3) is 10.4 Å². The molecule has 0 amide bonds. The molecule has 0 saturated carbocycles. The van der Waals surface area contributed by atoms with E-state index in [4.69, 9.17) is 20.6 Å². The zero-order valence-electron chi connectivity index (χ0n) is 23.9. The van der Waals surface area contributed by atoms with Gasteiger partial charge in [-0.25, -0.2) is 0 Å². The Kier molecular flexibility index (Phi) is 13.5. The summed E-state index contributed by atoms with van der Waals surface area (Å²) in [6.45, 7) is 16.5. The molecule has 2 fully saturated rings. The van der Waals surface area contributed by atoms with Gasteiger partial charge in [-0.15, -0.1) is 0 Å². The van der Waals surface area contributed by atoms with Gasteiger partial charge in [0, 0.05) is 31.8 Å². The number of carbonyl (C=O) groups excluding carboxylic acids is 3. The fraction of sp³-hybridized carbons (Fsp3) is 0.880. The summed E-state index contributed by atoms with van der Waals surface area (Å²) >= 11 is 1.00. The van der Waals surface area contributed by atoms with Gasteiger partial charge < -0.3 is 28.0 Å².